The second-order valence-corrected chi connectivity index (χ2v) is 7.44. The van der Waals surface area contributed by atoms with E-state index in [1.165, 1.54) is 0 Å². The van der Waals surface area contributed by atoms with Gasteiger partial charge in [-0.1, -0.05) is 17.7 Å². The van der Waals surface area contributed by atoms with E-state index in [9.17, 15) is 4.79 Å². The summed E-state index contributed by atoms with van der Waals surface area (Å²) >= 11 is 5.89. The molecule has 0 fully saturated rings. The molecule has 0 radical (unpaired) electrons. The number of nitrogens with one attached hydrogen (secondary N) is 3. The zero-order valence-corrected chi connectivity index (χ0v) is 16.7. The van der Waals surface area contributed by atoms with E-state index in [0.717, 1.165) is 16.6 Å². The Bertz CT molecular complexity index is 1310. The first-order valence-electron chi connectivity index (χ1n) is 10.6. The molecule has 0 bridgehead atoms. The molecule has 4 aromatic rings. The van der Waals surface area contributed by atoms with Crippen molar-refractivity contribution in [1.82, 2.24) is 9.97 Å². The molecule has 1 aliphatic heterocycles. The fourth-order valence-electron chi connectivity index (χ4n) is 3.69. The lowest BCUT2D eigenvalue weighted by molar-refractivity contribution is 0.262. The number of aromatic amines is 1. The van der Waals surface area contributed by atoms with Crippen LogP contribution in [-0.4, -0.2) is 22.5 Å². The number of aromatic nitrogens is 2. The minimum Gasteiger partial charge on any atom is -0.367 e. The Hall–Kier alpha value is -3.51. The van der Waals surface area contributed by atoms with Crippen molar-refractivity contribution in [3.63, 3.8) is 0 Å². The lowest BCUT2D eigenvalue weighted by Crippen LogP contribution is -2.20. The Morgan fingerprint density at radius 2 is 2.03 bits per heavy atom. The molecule has 3 heterocycles. The quantitative estimate of drug-likeness (QED) is 0.413. The molecule has 0 saturated heterocycles. The lowest BCUT2D eigenvalue weighted by Gasteiger charge is -2.20. The predicted octanol–water partition coefficient (Wildman–Crippen LogP) is 5.42. The number of carbonyl (C=O) groups excluding carboxylic acids is 1. The molecule has 2 aromatic carbocycles. The summed E-state index contributed by atoms with van der Waals surface area (Å²) in [6.07, 6.45) is 3.99. The third-order valence-corrected chi connectivity index (χ3v) is 5.35. The monoisotopic (exact) mass is 419 g/mol. The molecule has 7 heteroatoms. The van der Waals surface area contributed by atoms with E-state index in [1.54, 1.807) is 47.6 Å². The van der Waals surface area contributed by atoms with Crippen LogP contribution in [0.1, 0.15) is 13.9 Å². The third-order valence-electron chi connectivity index (χ3n) is 5.09. The predicted molar refractivity (Wildman–Crippen MR) is 121 cm³/mol. The molecule has 0 atom stereocenters. The summed E-state index contributed by atoms with van der Waals surface area (Å²) in [6, 6.07) is 15.6. The number of hydrogen-bond acceptors (Lipinski definition) is 3. The third kappa shape index (κ3) is 3.57. The molecule has 30 heavy (non-hydrogen) atoms. The summed E-state index contributed by atoms with van der Waals surface area (Å²) in [7, 11) is 0. The number of anilines is 3. The Kier molecular flexibility index (Phi) is 4.20. The van der Waals surface area contributed by atoms with E-state index >= 15 is 0 Å². The van der Waals surface area contributed by atoms with Gasteiger partial charge in [0, 0.05) is 58.5 Å². The summed E-state index contributed by atoms with van der Waals surface area (Å²) in [5, 5.41) is 7.03. The average molecular weight is 420 g/mol. The molecule has 2 amide bonds. The van der Waals surface area contributed by atoms with Crippen LogP contribution in [0, 0.1) is 0 Å². The summed E-state index contributed by atoms with van der Waals surface area (Å²) in [4.78, 5) is 21.6. The van der Waals surface area contributed by atoms with Gasteiger partial charge >= 0.3 is 6.03 Å². The maximum absolute atomic E-state index is 12.5. The zero-order chi connectivity index (χ0) is 22.3. The van der Waals surface area contributed by atoms with Crippen LogP contribution in [0.3, 0.4) is 0 Å². The van der Waals surface area contributed by atoms with Gasteiger partial charge in [0.15, 0.2) is 0 Å². The van der Waals surface area contributed by atoms with Gasteiger partial charge in [0.2, 0.25) is 0 Å². The van der Waals surface area contributed by atoms with Gasteiger partial charge in [-0.25, -0.2) is 9.78 Å². The number of rotatable bonds is 4. The highest BCUT2D eigenvalue weighted by molar-refractivity contribution is 6.30. The fraction of sp³-hybridized carbons (Fsp3) is 0.130. The summed E-state index contributed by atoms with van der Waals surface area (Å²) in [5.41, 5.74) is 4.16. The van der Waals surface area contributed by atoms with Gasteiger partial charge in [-0.3, -0.25) is 0 Å². The number of urea groups is 1. The average Bonchev–Trinajstić information content (AvgIpc) is 3.43. The molecule has 3 N–H and O–H groups in total. The Labute approximate surface area is 181 Å². The number of benzene rings is 2. The molecule has 0 unspecified atom stereocenters. The van der Waals surface area contributed by atoms with Crippen LogP contribution >= 0.6 is 11.6 Å². The van der Waals surface area contributed by atoms with Crippen LogP contribution in [0.15, 0.2) is 67.0 Å². The molecule has 150 valence electrons. The van der Waals surface area contributed by atoms with Crippen molar-refractivity contribution >= 4 is 45.7 Å². The van der Waals surface area contributed by atoms with Gasteiger partial charge in [-0.15, -0.1) is 0 Å². The van der Waals surface area contributed by atoms with E-state index in [-0.39, 0.29) is 6.03 Å². The van der Waals surface area contributed by atoms with Crippen molar-refractivity contribution in [3.05, 3.63) is 83.1 Å². The van der Waals surface area contributed by atoms with Crippen LogP contribution in [0.5, 0.6) is 0 Å². The van der Waals surface area contributed by atoms with Gasteiger partial charge < -0.3 is 20.5 Å². The van der Waals surface area contributed by atoms with Gasteiger partial charge in [0.25, 0.3) is 0 Å². The highest BCUT2D eigenvalue weighted by Gasteiger charge is 2.23. The highest BCUT2D eigenvalue weighted by atomic mass is 35.5. The number of hydrogen-bond donors (Lipinski definition) is 3. The lowest BCUT2D eigenvalue weighted by atomic mass is 10.1. The number of halogens is 1. The molecular formula is C23H20ClN5O. The van der Waals surface area contributed by atoms with Gasteiger partial charge in [0.05, 0.1) is 2.74 Å². The van der Waals surface area contributed by atoms with Crippen molar-refractivity contribution in [3.8, 4) is 0 Å². The van der Waals surface area contributed by atoms with E-state index < -0.39 is 6.50 Å². The molecule has 6 nitrogen and oxygen atoms in total. The topological polar surface area (TPSA) is 73.0 Å². The first-order valence-corrected chi connectivity index (χ1v) is 9.97. The number of nitrogens with zero attached hydrogens (tertiary/aromatic N) is 2. The summed E-state index contributed by atoms with van der Waals surface area (Å²) < 4.78 is 17.9. The van der Waals surface area contributed by atoms with E-state index in [1.807, 2.05) is 24.3 Å². The molecule has 0 saturated carbocycles. The van der Waals surface area contributed by atoms with Crippen LogP contribution < -0.4 is 15.5 Å². The van der Waals surface area contributed by atoms with Gasteiger partial charge in [-0.05, 0) is 60.5 Å². The van der Waals surface area contributed by atoms with E-state index in [0.29, 0.717) is 40.6 Å². The van der Waals surface area contributed by atoms with Crippen molar-refractivity contribution in [2.45, 2.75) is 12.9 Å². The van der Waals surface area contributed by atoms with Crippen LogP contribution in [-0.2, 0) is 12.9 Å². The van der Waals surface area contributed by atoms with Crippen molar-refractivity contribution < 1.29 is 7.54 Å². The second-order valence-electron chi connectivity index (χ2n) is 7.00. The van der Waals surface area contributed by atoms with Crippen molar-refractivity contribution in [2.24, 2.45) is 0 Å². The number of carbonyl (C=O) groups is 1. The Morgan fingerprint density at radius 1 is 1.17 bits per heavy atom. The highest BCUT2D eigenvalue weighted by Crippen LogP contribution is 2.35. The molecule has 0 aliphatic carbocycles. The Morgan fingerprint density at radius 3 is 2.90 bits per heavy atom. The number of amides is 2. The van der Waals surface area contributed by atoms with Gasteiger partial charge in [-0.2, -0.15) is 0 Å². The molecule has 1 aliphatic rings. The second kappa shape index (κ2) is 7.72. The van der Waals surface area contributed by atoms with Crippen LogP contribution in [0.4, 0.5) is 21.9 Å². The van der Waals surface area contributed by atoms with Crippen molar-refractivity contribution in [2.75, 3.05) is 22.1 Å². The smallest absolute Gasteiger partial charge is 0.323 e. The van der Waals surface area contributed by atoms with Crippen LogP contribution in [0.2, 0.25) is 5.02 Å². The number of fused-ring (bicyclic) bond motifs is 2. The van der Waals surface area contributed by atoms with Crippen LogP contribution in [0.25, 0.3) is 11.0 Å². The first-order chi connectivity index (χ1) is 15.4. The zero-order valence-electron chi connectivity index (χ0n) is 17.9. The van der Waals surface area contributed by atoms with Gasteiger partial charge in [0.1, 0.15) is 5.65 Å². The fourth-order valence-corrected chi connectivity index (χ4v) is 3.82. The molecule has 0 spiro atoms. The Balaban J connectivity index is 1.41. The standard InChI is InChI=1S/C23H20ClN5O/c24-16-4-6-17(7-5-16)27-23(30)28-20-2-1-3-21-19(20)10-13-29(21)14-15-8-11-25-22-18(15)9-12-26-22/h1-9,11-12H,10,13-14H2,(H,25,26)(H2,27,28,30)/i14D2. The molecular weight excluding hydrogens is 398 g/mol. The minimum atomic E-state index is -1.75. The number of H-pyrrole nitrogens is 1. The summed E-state index contributed by atoms with van der Waals surface area (Å²) in [6.45, 7) is -1.26. The maximum Gasteiger partial charge on any atom is 0.323 e. The van der Waals surface area contributed by atoms with E-state index in [4.69, 9.17) is 14.3 Å². The normalized spacial score (nSPS) is 14.2. The minimum absolute atomic E-state index is 0.370. The maximum atomic E-state index is 12.5. The molecule has 5 rings (SSSR count). The first kappa shape index (κ1) is 16.3. The number of pyridine rings is 1. The van der Waals surface area contributed by atoms with E-state index in [2.05, 4.69) is 20.6 Å². The van der Waals surface area contributed by atoms with Crippen molar-refractivity contribution in [1.29, 1.82) is 0 Å². The largest absolute Gasteiger partial charge is 0.367 e. The molecule has 2 aromatic heterocycles. The SMILES string of the molecule is [2H]C([2H])(c1ccnc2[nH]ccc12)N1CCc2c(NC(=O)Nc3ccc(Cl)cc3)cccc21. The summed E-state index contributed by atoms with van der Waals surface area (Å²) in [5.74, 6) is 0.